The average molecular weight is 271 g/mol. The van der Waals surface area contributed by atoms with E-state index in [1.807, 2.05) is 6.07 Å². The Morgan fingerprint density at radius 3 is 2.80 bits per heavy atom. The van der Waals surface area contributed by atoms with Crippen LogP contribution in [0.1, 0.15) is 31.7 Å². The molecule has 106 valence electrons. The number of anilines is 1. The summed E-state index contributed by atoms with van der Waals surface area (Å²) in [6.07, 6.45) is 3.90. The third kappa shape index (κ3) is 3.82. The van der Waals surface area contributed by atoms with Gasteiger partial charge in [0.15, 0.2) is 0 Å². The summed E-state index contributed by atoms with van der Waals surface area (Å²) < 4.78 is 0. The van der Waals surface area contributed by atoms with E-state index < -0.39 is 0 Å². The molecule has 4 heteroatoms. The number of rotatable bonds is 6. The Morgan fingerprint density at radius 2 is 2.20 bits per heavy atom. The quantitative estimate of drug-likeness (QED) is 0.865. The van der Waals surface area contributed by atoms with Gasteiger partial charge < -0.3 is 5.32 Å². The molecular formula is C16H21N3O. The second-order valence-corrected chi connectivity index (χ2v) is 5.33. The van der Waals surface area contributed by atoms with Crippen LogP contribution in [0.2, 0.25) is 0 Å². The Morgan fingerprint density at radius 1 is 1.45 bits per heavy atom. The summed E-state index contributed by atoms with van der Waals surface area (Å²) in [5.74, 6) is 0.711. The molecule has 0 aromatic heterocycles. The minimum atomic E-state index is -0.0473. The van der Waals surface area contributed by atoms with Gasteiger partial charge in [-0.15, -0.1) is 0 Å². The first-order valence-corrected chi connectivity index (χ1v) is 7.24. The first-order valence-electron chi connectivity index (χ1n) is 7.24. The highest BCUT2D eigenvalue weighted by atomic mass is 16.2. The topological polar surface area (TPSA) is 56.1 Å². The predicted molar refractivity (Wildman–Crippen MR) is 79.2 cm³/mol. The number of hydrogen-bond acceptors (Lipinski definition) is 3. The van der Waals surface area contributed by atoms with Gasteiger partial charge in [0, 0.05) is 6.54 Å². The first-order chi connectivity index (χ1) is 9.72. The summed E-state index contributed by atoms with van der Waals surface area (Å²) >= 11 is 0. The molecule has 1 aromatic carbocycles. The maximum atomic E-state index is 12.1. The molecule has 0 radical (unpaired) electrons. The van der Waals surface area contributed by atoms with Crippen molar-refractivity contribution in [3.05, 3.63) is 29.8 Å². The van der Waals surface area contributed by atoms with E-state index in [0.29, 0.717) is 17.8 Å². The van der Waals surface area contributed by atoms with Crippen LogP contribution in [0.5, 0.6) is 0 Å². The number of carbonyl (C=O) groups is 1. The molecule has 0 saturated heterocycles. The zero-order valence-corrected chi connectivity index (χ0v) is 11.9. The van der Waals surface area contributed by atoms with Crippen molar-refractivity contribution in [2.75, 3.05) is 25.0 Å². The van der Waals surface area contributed by atoms with Gasteiger partial charge >= 0.3 is 0 Å². The van der Waals surface area contributed by atoms with Crippen molar-refractivity contribution in [1.29, 1.82) is 5.26 Å². The molecule has 1 saturated carbocycles. The van der Waals surface area contributed by atoms with Crippen LogP contribution < -0.4 is 5.32 Å². The van der Waals surface area contributed by atoms with Gasteiger partial charge in [0.05, 0.1) is 17.8 Å². The van der Waals surface area contributed by atoms with Crippen LogP contribution in [-0.4, -0.2) is 30.4 Å². The Labute approximate surface area is 120 Å². The van der Waals surface area contributed by atoms with Crippen molar-refractivity contribution in [3.8, 4) is 6.07 Å². The zero-order chi connectivity index (χ0) is 14.4. The number of nitrogens with zero attached hydrogens (tertiary/aromatic N) is 2. The molecule has 1 aliphatic rings. The number of carbonyl (C=O) groups excluding carboxylic acids is 1. The smallest absolute Gasteiger partial charge is 0.238 e. The Balaban J connectivity index is 1.88. The number of likely N-dealkylation sites (N-methyl/N-ethyl adjacent to an activating group) is 1. The molecule has 1 fully saturated rings. The van der Waals surface area contributed by atoms with E-state index in [2.05, 4.69) is 23.2 Å². The highest BCUT2D eigenvalue weighted by molar-refractivity contribution is 5.93. The summed E-state index contributed by atoms with van der Waals surface area (Å²) in [5, 5.41) is 11.8. The lowest BCUT2D eigenvalue weighted by molar-refractivity contribution is -0.117. The van der Waals surface area contributed by atoms with Crippen molar-refractivity contribution < 1.29 is 4.79 Å². The monoisotopic (exact) mass is 271 g/mol. The number of hydrogen-bond donors (Lipinski definition) is 1. The van der Waals surface area contributed by atoms with Crippen LogP contribution in [-0.2, 0) is 4.79 Å². The molecule has 0 bridgehead atoms. The van der Waals surface area contributed by atoms with E-state index >= 15 is 0 Å². The normalized spacial score (nSPS) is 14.7. The molecular weight excluding hydrogens is 250 g/mol. The number of amides is 1. The Kier molecular flexibility index (Phi) is 5.14. The molecule has 1 amide bonds. The van der Waals surface area contributed by atoms with Gasteiger partial charge in [-0.1, -0.05) is 25.5 Å². The maximum Gasteiger partial charge on any atom is 0.238 e. The molecule has 0 atom stereocenters. The van der Waals surface area contributed by atoms with E-state index in [4.69, 9.17) is 5.26 Å². The summed E-state index contributed by atoms with van der Waals surface area (Å²) in [4.78, 5) is 14.3. The van der Waals surface area contributed by atoms with Crippen LogP contribution in [0.3, 0.4) is 0 Å². The van der Waals surface area contributed by atoms with Gasteiger partial charge in [0.25, 0.3) is 0 Å². The molecule has 0 aliphatic heterocycles. The van der Waals surface area contributed by atoms with Gasteiger partial charge in [-0.3, -0.25) is 9.69 Å². The number of nitrogens with one attached hydrogen (secondary N) is 1. The molecule has 0 spiro atoms. The predicted octanol–water partition coefficient (Wildman–Crippen LogP) is 2.62. The lowest BCUT2D eigenvalue weighted by atomic mass is 9.85. The van der Waals surface area contributed by atoms with Crippen LogP contribution in [0.4, 0.5) is 5.69 Å². The lowest BCUT2D eigenvalue weighted by Gasteiger charge is -2.31. The van der Waals surface area contributed by atoms with Gasteiger partial charge in [0.1, 0.15) is 6.07 Å². The molecule has 0 heterocycles. The van der Waals surface area contributed by atoms with Crippen LogP contribution >= 0.6 is 0 Å². The van der Waals surface area contributed by atoms with E-state index in [-0.39, 0.29) is 5.91 Å². The first kappa shape index (κ1) is 14.5. The van der Waals surface area contributed by atoms with Gasteiger partial charge in [-0.2, -0.15) is 5.26 Å². The highest BCUT2D eigenvalue weighted by Crippen LogP contribution is 2.27. The standard InChI is InChI=1S/C16H21N3O/c1-2-19(11-13-6-5-7-13)12-16(20)18-15-9-4-3-8-14(15)10-17/h3-4,8-9,13H,2,5-7,11-12H2,1H3,(H,18,20). The highest BCUT2D eigenvalue weighted by Gasteiger charge is 2.21. The average Bonchev–Trinajstić information content (AvgIpc) is 2.42. The molecule has 20 heavy (non-hydrogen) atoms. The largest absolute Gasteiger partial charge is 0.324 e. The summed E-state index contributed by atoms with van der Waals surface area (Å²) in [7, 11) is 0. The summed E-state index contributed by atoms with van der Waals surface area (Å²) in [6, 6.07) is 9.18. The Hall–Kier alpha value is -1.86. The fraction of sp³-hybridized carbons (Fsp3) is 0.500. The number of benzene rings is 1. The van der Waals surface area contributed by atoms with Crippen LogP contribution in [0.25, 0.3) is 0 Å². The summed E-state index contributed by atoms with van der Waals surface area (Å²) in [6.45, 7) is 4.36. The van der Waals surface area contributed by atoms with Gasteiger partial charge in [-0.25, -0.2) is 0 Å². The van der Waals surface area contributed by atoms with E-state index in [1.165, 1.54) is 19.3 Å². The molecule has 1 N–H and O–H groups in total. The van der Waals surface area contributed by atoms with E-state index in [1.54, 1.807) is 18.2 Å². The SMILES string of the molecule is CCN(CC(=O)Nc1ccccc1C#N)CC1CCC1. The molecule has 4 nitrogen and oxygen atoms in total. The van der Waals surface area contributed by atoms with Crippen LogP contribution in [0, 0.1) is 17.2 Å². The molecule has 1 aliphatic carbocycles. The van der Waals surface area contributed by atoms with Gasteiger partial charge in [-0.05, 0) is 37.4 Å². The zero-order valence-electron chi connectivity index (χ0n) is 11.9. The fourth-order valence-corrected chi connectivity index (χ4v) is 2.43. The minimum absolute atomic E-state index is 0.0473. The second kappa shape index (κ2) is 7.06. The van der Waals surface area contributed by atoms with Crippen molar-refractivity contribution in [1.82, 2.24) is 4.90 Å². The van der Waals surface area contributed by atoms with E-state index in [0.717, 1.165) is 19.0 Å². The van der Waals surface area contributed by atoms with Crippen molar-refractivity contribution in [3.63, 3.8) is 0 Å². The Bertz CT molecular complexity index is 503. The van der Waals surface area contributed by atoms with E-state index in [9.17, 15) is 4.79 Å². The molecule has 1 aromatic rings. The maximum absolute atomic E-state index is 12.1. The summed E-state index contributed by atoms with van der Waals surface area (Å²) in [5.41, 5.74) is 1.10. The lowest BCUT2D eigenvalue weighted by Crippen LogP contribution is -2.38. The van der Waals surface area contributed by atoms with Crippen molar-refractivity contribution in [2.45, 2.75) is 26.2 Å². The third-order valence-electron chi connectivity index (χ3n) is 3.88. The number of para-hydroxylation sites is 1. The second-order valence-electron chi connectivity index (χ2n) is 5.33. The van der Waals surface area contributed by atoms with Crippen molar-refractivity contribution in [2.24, 2.45) is 5.92 Å². The van der Waals surface area contributed by atoms with Gasteiger partial charge in [0.2, 0.25) is 5.91 Å². The minimum Gasteiger partial charge on any atom is -0.324 e. The van der Waals surface area contributed by atoms with Crippen molar-refractivity contribution >= 4 is 11.6 Å². The fourth-order valence-electron chi connectivity index (χ4n) is 2.43. The molecule has 2 rings (SSSR count). The van der Waals surface area contributed by atoms with Crippen LogP contribution in [0.15, 0.2) is 24.3 Å². The third-order valence-corrected chi connectivity index (χ3v) is 3.88. The molecule has 0 unspecified atom stereocenters. The number of nitriles is 1.